The molecule has 20 heavy (non-hydrogen) atoms. The SMILES string of the molecule is Cc1cc(C=NNC(=O)c2cccnc2Cl)c(C)n1C. The van der Waals surface area contributed by atoms with Gasteiger partial charge < -0.3 is 4.57 Å². The van der Waals surface area contributed by atoms with E-state index in [1.807, 2.05) is 27.0 Å². The van der Waals surface area contributed by atoms with Gasteiger partial charge in [-0.15, -0.1) is 0 Å². The number of amides is 1. The van der Waals surface area contributed by atoms with E-state index in [1.54, 1.807) is 18.3 Å². The molecule has 0 bridgehead atoms. The lowest BCUT2D eigenvalue weighted by Gasteiger charge is -2.01. The number of hydrazone groups is 1. The number of carbonyl (C=O) groups excluding carboxylic acids is 1. The van der Waals surface area contributed by atoms with Crippen LogP contribution in [0.2, 0.25) is 5.15 Å². The number of nitrogens with zero attached hydrogens (tertiary/aromatic N) is 3. The maximum atomic E-state index is 11.9. The molecule has 0 aromatic carbocycles. The number of hydrogen-bond donors (Lipinski definition) is 1. The van der Waals surface area contributed by atoms with Crippen LogP contribution in [0.5, 0.6) is 0 Å². The Bertz CT molecular complexity index is 676. The molecule has 0 saturated carbocycles. The number of rotatable bonds is 3. The number of pyridine rings is 1. The maximum Gasteiger partial charge on any atom is 0.274 e. The van der Waals surface area contributed by atoms with Crippen molar-refractivity contribution < 1.29 is 4.79 Å². The maximum absolute atomic E-state index is 11.9. The van der Waals surface area contributed by atoms with E-state index < -0.39 is 0 Å². The van der Waals surface area contributed by atoms with Crippen molar-refractivity contribution in [3.05, 3.63) is 52.1 Å². The van der Waals surface area contributed by atoms with Gasteiger partial charge in [0.2, 0.25) is 0 Å². The van der Waals surface area contributed by atoms with Crippen LogP contribution in [0.3, 0.4) is 0 Å². The second kappa shape index (κ2) is 5.88. The van der Waals surface area contributed by atoms with Gasteiger partial charge in [0, 0.05) is 30.2 Å². The molecule has 5 nitrogen and oxygen atoms in total. The topological polar surface area (TPSA) is 59.3 Å². The van der Waals surface area contributed by atoms with Gasteiger partial charge in [-0.1, -0.05) is 11.6 Å². The predicted molar refractivity (Wildman–Crippen MR) is 79.2 cm³/mol. The highest BCUT2D eigenvalue weighted by Crippen LogP contribution is 2.12. The summed E-state index contributed by atoms with van der Waals surface area (Å²) in [6.07, 6.45) is 3.14. The monoisotopic (exact) mass is 290 g/mol. The molecule has 104 valence electrons. The summed E-state index contributed by atoms with van der Waals surface area (Å²) in [6.45, 7) is 4.01. The van der Waals surface area contributed by atoms with E-state index >= 15 is 0 Å². The lowest BCUT2D eigenvalue weighted by Crippen LogP contribution is -2.18. The highest BCUT2D eigenvalue weighted by molar-refractivity contribution is 6.32. The summed E-state index contributed by atoms with van der Waals surface area (Å²) in [5.74, 6) is -0.385. The van der Waals surface area contributed by atoms with Crippen LogP contribution in [0.15, 0.2) is 29.5 Å². The lowest BCUT2D eigenvalue weighted by atomic mass is 10.2. The molecule has 0 unspecified atom stereocenters. The molecule has 6 heteroatoms. The molecule has 0 aliphatic carbocycles. The van der Waals surface area contributed by atoms with Crippen molar-refractivity contribution in [3.8, 4) is 0 Å². The first kappa shape index (κ1) is 14.3. The smallest absolute Gasteiger partial charge is 0.274 e. The minimum Gasteiger partial charge on any atom is -0.352 e. The van der Waals surface area contributed by atoms with E-state index in [9.17, 15) is 4.79 Å². The Hall–Kier alpha value is -2.14. The van der Waals surface area contributed by atoms with Gasteiger partial charge in [0.15, 0.2) is 0 Å². The molecule has 0 aliphatic rings. The Labute approximate surface area is 122 Å². The van der Waals surface area contributed by atoms with Crippen molar-refractivity contribution in [1.29, 1.82) is 0 Å². The zero-order chi connectivity index (χ0) is 14.7. The Morgan fingerprint density at radius 1 is 1.50 bits per heavy atom. The molecular weight excluding hydrogens is 276 g/mol. The normalized spacial score (nSPS) is 11.0. The Morgan fingerprint density at radius 2 is 2.25 bits per heavy atom. The summed E-state index contributed by atoms with van der Waals surface area (Å²) in [4.78, 5) is 15.7. The van der Waals surface area contributed by atoms with Crippen molar-refractivity contribution in [2.24, 2.45) is 12.1 Å². The first-order chi connectivity index (χ1) is 9.50. The summed E-state index contributed by atoms with van der Waals surface area (Å²) < 4.78 is 2.06. The molecule has 0 aliphatic heterocycles. The van der Waals surface area contributed by atoms with Crippen LogP contribution in [0, 0.1) is 13.8 Å². The first-order valence-corrected chi connectivity index (χ1v) is 6.45. The number of halogens is 1. The van der Waals surface area contributed by atoms with Crippen LogP contribution in [0.25, 0.3) is 0 Å². The summed E-state index contributed by atoms with van der Waals surface area (Å²) in [7, 11) is 1.98. The molecule has 0 spiro atoms. The van der Waals surface area contributed by atoms with Crippen LogP contribution in [0.4, 0.5) is 0 Å². The molecule has 2 aromatic heterocycles. The van der Waals surface area contributed by atoms with Gasteiger partial charge in [0.05, 0.1) is 11.8 Å². The number of hydrogen-bond acceptors (Lipinski definition) is 3. The molecule has 0 saturated heterocycles. The second-order valence-electron chi connectivity index (χ2n) is 4.43. The van der Waals surface area contributed by atoms with E-state index in [-0.39, 0.29) is 11.1 Å². The number of carbonyl (C=O) groups is 1. The van der Waals surface area contributed by atoms with E-state index in [2.05, 4.69) is 20.1 Å². The summed E-state index contributed by atoms with van der Waals surface area (Å²) >= 11 is 5.84. The van der Waals surface area contributed by atoms with Gasteiger partial charge >= 0.3 is 0 Å². The molecule has 2 rings (SSSR count). The van der Waals surface area contributed by atoms with Gasteiger partial charge in [-0.25, -0.2) is 10.4 Å². The minimum atomic E-state index is -0.385. The van der Waals surface area contributed by atoms with E-state index in [4.69, 9.17) is 11.6 Å². The second-order valence-corrected chi connectivity index (χ2v) is 4.78. The third-order valence-electron chi connectivity index (χ3n) is 3.19. The van der Waals surface area contributed by atoms with Crippen LogP contribution >= 0.6 is 11.6 Å². The largest absolute Gasteiger partial charge is 0.352 e. The molecule has 1 N–H and O–H groups in total. The Balaban J connectivity index is 2.09. The van der Waals surface area contributed by atoms with Gasteiger partial charge in [0.1, 0.15) is 5.15 Å². The van der Waals surface area contributed by atoms with E-state index in [0.717, 1.165) is 17.0 Å². The quantitative estimate of drug-likeness (QED) is 0.536. The summed E-state index contributed by atoms with van der Waals surface area (Å²) in [5.41, 5.74) is 5.91. The standard InChI is InChI=1S/C14H15ClN4O/c1-9-7-11(10(2)19(9)3)8-17-18-14(20)12-5-4-6-16-13(12)15/h4-8H,1-3H3,(H,18,20). The van der Waals surface area contributed by atoms with Gasteiger partial charge in [0.25, 0.3) is 5.91 Å². The third kappa shape index (κ3) is 2.88. The fourth-order valence-corrected chi connectivity index (χ4v) is 2.00. The van der Waals surface area contributed by atoms with Crippen molar-refractivity contribution >= 4 is 23.7 Å². The molecule has 1 amide bonds. The van der Waals surface area contributed by atoms with Gasteiger partial charge in [-0.2, -0.15) is 5.10 Å². The number of aryl methyl sites for hydroxylation is 1. The van der Waals surface area contributed by atoms with Crippen LogP contribution < -0.4 is 5.43 Å². The minimum absolute atomic E-state index is 0.159. The molecule has 0 fully saturated rings. The van der Waals surface area contributed by atoms with Crippen LogP contribution in [0.1, 0.15) is 27.3 Å². The summed E-state index contributed by atoms with van der Waals surface area (Å²) in [5, 5.41) is 4.11. The van der Waals surface area contributed by atoms with Crippen molar-refractivity contribution in [2.75, 3.05) is 0 Å². The van der Waals surface area contributed by atoms with Crippen molar-refractivity contribution in [2.45, 2.75) is 13.8 Å². The van der Waals surface area contributed by atoms with E-state index in [1.165, 1.54) is 6.20 Å². The summed E-state index contributed by atoms with van der Waals surface area (Å²) in [6, 6.07) is 5.25. The Morgan fingerprint density at radius 3 is 2.85 bits per heavy atom. The molecule has 0 atom stereocenters. The fraction of sp³-hybridized carbons (Fsp3) is 0.214. The van der Waals surface area contributed by atoms with Crippen LogP contribution in [-0.2, 0) is 7.05 Å². The highest BCUT2D eigenvalue weighted by Gasteiger charge is 2.09. The highest BCUT2D eigenvalue weighted by atomic mass is 35.5. The van der Waals surface area contributed by atoms with Gasteiger partial charge in [-0.3, -0.25) is 4.79 Å². The number of nitrogens with one attached hydrogen (secondary N) is 1. The van der Waals surface area contributed by atoms with E-state index in [0.29, 0.717) is 5.56 Å². The zero-order valence-corrected chi connectivity index (χ0v) is 12.3. The molecule has 2 aromatic rings. The average Bonchev–Trinajstić information content (AvgIpc) is 2.67. The molecule has 0 radical (unpaired) electrons. The number of aromatic nitrogens is 2. The Kier molecular flexibility index (Phi) is 4.20. The third-order valence-corrected chi connectivity index (χ3v) is 3.49. The van der Waals surface area contributed by atoms with Crippen molar-refractivity contribution in [3.63, 3.8) is 0 Å². The average molecular weight is 291 g/mol. The van der Waals surface area contributed by atoms with Crippen molar-refractivity contribution in [1.82, 2.24) is 15.0 Å². The molecular formula is C14H15ClN4O. The first-order valence-electron chi connectivity index (χ1n) is 6.07. The predicted octanol–water partition coefficient (Wildman–Crippen LogP) is 2.45. The lowest BCUT2D eigenvalue weighted by molar-refractivity contribution is 0.0955. The van der Waals surface area contributed by atoms with Crippen LogP contribution in [-0.4, -0.2) is 21.7 Å². The fourth-order valence-electron chi connectivity index (χ4n) is 1.79. The van der Waals surface area contributed by atoms with Gasteiger partial charge in [-0.05, 0) is 32.0 Å². The molecule has 2 heterocycles. The zero-order valence-electron chi connectivity index (χ0n) is 11.5.